The standard InChI is InChI=1S/C22H29F3N4O7/c1-19(2,3)35-17(32)26-14-9-8-12(27-28-14)10-21(16(31)34-7)11-13(22(23,24)25)29(15(21)30)18(33)36-20(4,5)6/h8-9,13H,10-11H2,1-7H3,(H,26,28,32)/t13-,21?/m0/s1. The van der Waals surface area contributed by atoms with Crippen molar-refractivity contribution < 1.29 is 46.6 Å². The van der Waals surface area contributed by atoms with E-state index in [4.69, 9.17) is 9.47 Å². The minimum atomic E-state index is -5.05. The predicted octanol–water partition coefficient (Wildman–Crippen LogP) is 3.62. The molecule has 0 bridgehead atoms. The molecule has 1 fully saturated rings. The predicted molar refractivity (Wildman–Crippen MR) is 118 cm³/mol. The van der Waals surface area contributed by atoms with E-state index in [1.807, 2.05) is 0 Å². The maximum absolute atomic E-state index is 13.9. The van der Waals surface area contributed by atoms with Crippen molar-refractivity contribution in [2.45, 2.75) is 77.8 Å². The maximum Gasteiger partial charge on any atom is 0.417 e. The molecule has 1 N–H and O–H groups in total. The van der Waals surface area contributed by atoms with Crippen molar-refractivity contribution in [1.82, 2.24) is 15.1 Å². The highest BCUT2D eigenvalue weighted by molar-refractivity contribution is 6.10. The van der Waals surface area contributed by atoms with Gasteiger partial charge in [-0.3, -0.25) is 14.9 Å². The van der Waals surface area contributed by atoms with E-state index in [0.29, 0.717) is 0 Å². The molecule has 2 rings (SSSR count). The molecule has 0 aliphatic carbocycles. The van der Waals surface area contributed by atoms with Crippen molar-refractivity contribution >= 4 is 29.9 Å². The normalized spacial score (nSPS) is 20.7. The Morgan fingerprint density at radius 1 is 1.06 bits per heavy atom. The van der Waals surface area contributed by atoms with Crippen LogP contribution >= 0.6 is 0 Å². The average Bonchev–Trinajstić information content (AvgIpc) is 3.00. The number of nitrogens with zero attached hydrogens (tertiary/aromatic N) is 3. The van der Waals surface area contributed by atoms with Crippen molar-refractivity contribution in [1.29, 1.82) is 0 Å². The van der Waals surface area contributed by atoms with E-state index in [0.717, 1.165) is 7.11 Å². The molecule has 1 aromatic heterocycles. The summed E-state index contributed by atoms with van der Waals surface area (Å²) in [5, 5.41) is 9.89. The Morgan fingerprint density at radius 2 is 1.64 bits per heavy atom. The van der Waals surface area contributed by atoms with Gasteiger partial charge in [0.2, 0.25) is 0 Å². The van der Waals surface area contributed by atoms with Crippen LogP contribution in [0, 0.1) is 5.41 Å². The number of methoxy groups -OCH3 is 1. The Labute approximate surface area is 205 Å². The van der Waals surface area contributed by atoms with Gasteiger partial charge in [-0.1, -0.05) is 0 Å². The summed E-state index contributed by atoms with van der Waals surface area (Å²) in [6, 6.07) is -0.0973. The molecule has 14 heteroatoms. The van der Waals surface area contributed by atoms with Crippen LogP contribution in [0.15, 0.2) is 12.1 Å². The van der Waals surface area contributed by atoms with Crippen LogP contribution in [0.2, 0.25) is 0 Å². The second-order valence-electron chi connectivity index (χ2n) is 10.2. The molecule has 3 amide bonds. The minimum absolute atomic E-state index is 0.0404. The van der Waals surface area contributed by atoms with E-state index >= 15 is 0 Å². The van der Waals surface area contributed by atoms with E-state index in [1.54, 1.807) is 20.8 Å². The number of carbonyl (C=O) groups is 4. The molecule has 200 valence electrons. The lowest BCUT2D eigenvalue weighted by Crippen LogP contribution is -2.50. The zero-order valence-corrected chi connectivity index (χ0v) is 21.0. The van der Waals surface area contributed by atoms with E-state index in [2.05, 4.69) is 20.3 Å². The average molecular weight is 518 g/mol. The van der Waals surface area contributed by atoms with E-state index in [-0.39, 0.29) is 16.4 Å². The number of likely N-dealkylation sites (tertiary alicyclic amines) is 1. The molecule has 1 saturated heterocycles. The number of hydrogen-bond acceptors (Lipinski definition) is 9. The number of aromatic nitrogens is 2. The lowest BCUT2D eigenvalue weighted by atomic mass is 9.80. The fourth-order valence-corrected chi connectivity index (χ4v) is 3.49. The number of hydrogen-bond donors (Lipinski definition) is 1. The summed E-state index contributed by atoms with van der Waals surface area (Å²) < 4.78 is 56.4. The van der Waals surface area contributed by atoms with Gasteiger partial charge in [0, 0.05) is 12.8 Å². The number of anilines is 1. The Bertz CT molecular complexity index is 1020. The number of rotatable bonds is 4. The van der Waals surface area contributed by atoms with Crippen LogP contribution in [0.3, 0.4) is 0 Å². The van der Waals surface area contributed by atoms with Gasteiger partial charge in [-0.25, -0.2) is 14.5 Å². The van der Waals surface area contributed by atoms with Crippen LogP contribution in [-0.2, 0) is 30.2 Å². The molecule has 0 aromatic carbocycles. The van der Waals surface area contributed by atoms with Gasteiger partial charge in [0.05, 0.1) is 12.8 Å². The second-order valence-corrected chi connectivity index (χ2v) is 10.2. The summed E-state index contributed by atoms with van der Waals surface area (Å²) in [7, 11) is 0.912. The molecule has 1 aliphatic rings. The van der Waals surface area contributed by atoms with E-state index in [1.165, 1.54) is 32.9 Å². The number of alkyl halides is 3. The minimum Gasteiger partial charge on any atom is -0.468 e. The van der Waals surface area contributed by atoms with E-state index < -0.39 is 65.7 Å². The molecular formula is C22H29F3N4O7. The van der Waals surface area contributed by atoms with Crippen LogP contribution in [0.25, 0.3) is 0 Å². The first-order chi connectivity index (χ1) is 16.3. The first-order valence-electron chi connectivity index (χ1n) is 10.8. The third-order valence-corrected chi connectivity index (χ3v) is 4.86. The number of carbonyl (C=O) groups excluding carboxylic acids is 4. The number of esters is 1. The number of ether oxygens (including phenoxy) is 3. The van der Waals surface area contributed by atoms with Gasteiger partial charge < -0.3 is 14.2 Å². The first-order valence-corrected chi connectivity index (χ1v) is 10.8. The van der Waals surface area contributed by atoms with Crippen LogP contribution in [0.5, 0.6) is 0 Å². The SMILES string of the molecule is COC(=O)C1(Cc2ccc(NC(=O)OC(C)(C)C)nn2)C[C@@H](C(F)(F)F)N(C(=O)OC(C)(C)C)C1=O. The Morgan fingerprint density at radius 3 is 2.08 bits per heavy atom. The lowest BCUT2D eigenvalue weighted by Gasteiger charge is -2.28. The van der Waals surface area contributed by atoms with Crippen LogP contribution < -0.4 is 5.32 Å². The summed E-state index contributed by atoms with van der Waals surface area (Å²) >= 11 is 0. The molecule has 0 saturated carbocycles. The van der Waals surface area contributed by atoms with E-state index in [9.17, 15) is 32.3 Å². The first kappa shape index (κ1) is 28.8. The Kier molecular flexibility index (Phi) is 7.91. The summed E-state index contributed by atoms with van der Waals surface area (Å²) in [6.45, 7) is 9.22. The highest BCUT2D eigenvalue weighted by atomic mass is 19.4. The van der Waals surface area contributed by atoms with Gasteiger partial charge in [-0.2, -0.15) is 18.3 Å². The van der Waals surface area contributed by atoms with Crippen molar-refractivity contribution in [2.24, 2.45) is 5.41 Å². The molecule has 0 spiro atoms. The highest BCUT2D eigenvalue weighted by Gasteiger charge is 2.66. The van der Waals surface area contributed by atoms with Gasteiger partial charge >= 0.3 is 24.3 Å². The molecule has 1 aliphatic heterocycles. The third-order valence-electron chi connectivity index (χ3n) is 4.86. The molecule has 36 heavy (non-hydrogen) atoms. The smallest absolute Gasteiger partial charge is 0.417 e. The maximum atomic E-state index is 13.9. The highest BCUT2D eigenvalue weighted by Crippen LogP contribution is 2.46. The van der Waals surface area contributed by atoms with Crippen LogP contribution in [-0.4, -0.2) is 69.7 Å². The Balaban J connectivity index is 2.39. The number of halogens is 3. The fourth-order valence-electron chi connectivity index (χ4n) is 3.49. The molecule has 11 nitrogen and oxygen atoms in total. The molecule has 1 unspecified atom stereocenters. The second kappa shape index (κ2) is 9.90. The number of amides is 3. The topological polar surface area (TPSA) is 137 Å². The molecule has 2 atom stereocenters. The lowest BCUT2D eigenvalue weighted by molar-refractivity contribution is -0.177. The van der Waals surface area contributed by atoms with Gasteiger partial charge in [-0.05, 0) is 53.7 Å². The van der Waals surface area contributed by atoms with Gasteiger partial charge in [-0.15, -0.1) is 5.10 Å². The fraction of sp³-hybridized carbons (Fsp3) is 0.636. The number of imide groups is 1. The zero-order valence-electron chi connectivity index (χ0n) is 21.0. The van der Waals surface area contributed by atoms with Crippen LogP contribution in [0.1, 0.15) is 53.7 Å². The van der Waals surface area contributed by atoms with Gasteiger partial charge in [0.1, 0.15) is 17.2 Å². The summed E-state index contributed by atoms with van der Waals surface area (Å²) in [5.74, 6) is -2.74. The van der Waals surface area contributed by atoms with Crippen LogP contribution in [0.4, 0.5) is 28.6 Å². The summed E-state index contributed by atoms with van der Waals surface area (Å²) in [6.07, 6.45) is -9.15. The van der Waals surface area contributed by atoms with Gasteiger partial charge in [0.25, 0.3) is 5.91 Å². The van der Waals surface area contributed by atoms with Crippen molar-refractivity contribution in [3.63, 3.8) is 0 Å². The van der Waals surface area contributed by atoms with Crippen molar-refractivity contribution in [3.05, 3.63) is 17.8 Å². The molecular weight excluding hydrogens is 489 g/mol. The molecule has 1 aromatic rings. The van der Waals surface area contributed by atoms with Gasteiger partial charge in [0.15, 0.2) is 11.2 Å². The monoisotopic (exact) mass is 518 g/mol. The van der Waals surface area contributed by atoms with Crippen molar-refractivity contribution in [3.8, 4) is 0 Å². The van der Waals surface area contributed by atoms with Crippen molar-refractivity contribution in [2.75, 3.05) is 12.4 Å². The molecule has 0 radical (unpaired) electrons. The third kappa shape index (κ3) is 6.82. The Hall–Kier alpha value is -3.45. The summed E-state index contributed by atoms with van der Waals surface area (Å²) in [4.78, 5) is 50.3. The number of nitrogens with one attached hydrogen (secondary N) is 1. The summed E-state index contributed by atoms with van der Waals surface area (Å²) in [5.41, 5.74) is -4.45. The largest absolute Gasteiger partial charge is 0.468 e. The quantitative estimate of drug-likeness (QED) is 0.360. The zero-order chi connectivity index (χ0) is 27.7. The molecule has 2 heterocycles.